The van der Waals surface area contributed by atoms with E-state index in [9.17, 15) is 15.0 Å². The fourth-order valence-corrected chi connectivity index (χ4v) is 3.19. The number of thioether (sulfide) groups is 1. The van der Waals surface area contributed by atoms with Crippen LogP contribution in [-0.2, 0) is 6.61 Å². The lowest BCUT2D eigenvalue weighted by Crippen LogP contribution is -2.15. The number of amides is 1. The standard InChI is InChI=1S/C17H13NO4S2/c19-12-6-11(8-14-16(23)18-17(21)24-14)7-13(20)15(12)22-9-10-4-2-1-3-5-10/h1-8,19-20H,9H2,(H,18,21,23)/b14-8-. The Morgan fingerprint density at radius 1 is 1.17 bits per heavy atom. The number of rotatable bonds is 4. The van der Waals surface area contributed by atoms with Crippen molar-refractivity contribution in [3.05, 3.63) is 58.5 Å². The van der Waals surface area contributed by atoms with Gasteiger partial charge in [-0.1, -0.05) is 42.5 Å². The second kappa shape index (κ2) is 6.94. The second-order valence-corrected chi connectivity index (χ2v) is 6.44. The zero-order valence-corrected chi connectivity index (χ0v) is 14.0. The van der Waals surface area contributed by atoms with Crippen LogP contribution < -0.4 is 10.1 Å². The molecule has 0 saturated carbocycles. The number of nitrogens with one attached hydrogen (secondary N) is 1. The fourth-order valence-electron chi connectivity index (χ4n) is 2.15. The Bertz CT molecular complexity index is 811. The highest BCUT2D eigenvalue weighted by Crippen LogP contribution is 2.39. The predicted molar refractivity (Wildman–Crippen MR) is 97.2 cm³/mol. The van der Waals surface area contributed by atoms with Crippen molar-refractivity contribution >= 4 is 40.3 Å². The molecule has 1 amide bonds. The molecule has 1 heterocycles. The number of hydrogen-bond donors (Lipinski definition) is 3. The number of benzene rings is 2. The van der Waals surface area contributed by atoms with Crippen LogP contribution in [0.1, 0.15) is 11.1 Å². The summed E-state index contributed by atoms with van der Waals surface area (Å²) >= 11 is 6.00. The van der Waals surface area contributed by atoms with E-state index >= 15 is 0 Å². The number of aromatic hydroxyl groups is 2. The molecule has 1 aliphatic heterocycles. The number of thiocarbonyl (C=S) groups is 1. The van der Waals surface area contributed by atoms with E-state index in [2.05, 4.69) is 5.32 Å². The lowest BCUT2D eigenvalue weighted by molar-refractivity contribution is 0.265. The third-order valence-electron chi connectivity index (χ3n) is 3.24. The van der Waals surface area contributed by atoms with Crippen LogP contribution in [0.2, 0.25) is 0 Å². The van der Waals surface area contributed by atoms with Gasteiger partial charge in [0.1, 0.15) is 11.6 Å². The molecule has 0 atom stereocenters. The quantitative estimate of drug-likeness (QED) is 0.569. The zero-order chi connectivity index (χ0) is 17.1. The molecule has 2 aromatic carbocycles. The van der Waals surface area contributed by atoms with Gasteiger partial charge >= 0.3 is 0 Å². The Kier molecular flexibility index (Phi) is 4.73. The molecule has 0 spiro atoms. The molecular weight excluding hydrogens is 346 g/mol. The molecular formula is C17H13NO4S2. The van der Waals surface area contributed by atoms with Crippen molar-refractivity contribution in [2.75, 3.05) is 0 Å². The van der Waals surface area contributed by atoms with Crippen molar-refractivity contribution < 1.29 is 19.7 Å². The number of phenolic OH excluding ortho intramolecular Hbond substituents is 2. The third-order valence-corrected chi connectivity index (χ3v) is 4.52. The first-order chi connectivity index (χ1) is 11.5. The van der Waals surface area contributed by atoms with Gasteiger partial charge in [-0.15, -0.1) is 0 Å². The predicted octanol–water partition coefficient (Wildman–Crippen LogP) is 3.80. The van der Waals surface area contributed by atoms with Crippen molar-refractivity contribution in [2.45, 2.75) is 6.61 Å². The van der Waals surface area contributed by atoms with Gasteiger partial charge < -0.3 is 20.3 Å². The SMILES string of the molecule is O=C1NC(=S)/C(=C/c2cc(O)c(OCc3ccccc3)c(O)c2)S1. The van der Waals surface area contributed by atoms with Crippen LogP contribution in [0.3, 0.4) is 0 Å². The normalized spacial score (nSPS) is 15.6. The topological polar surface area (TPSA) is 78.8 Å². The van der Waals surface area contributed by atoms with Crippen LogP contribution >= 0.6 is 24.0 Å². The molecule has 3 N–H and O–H groups in total. The highest BCUT2D eigenvalue weighted by molar-refractivity contribution is 8.19. The first-order valence-corrected chi connectivity index (χ1v) is 8.23. The van der Waals surface area contributed by atoms with Crippen LogP contribution in [0.15, 0.2) is 47.4 Å². The van der Waals surface area contributed by atoms with Crippen molar-refractivity contribution in [3.63, 3.8) is 0 Å². The Morgan fingerprint density at radius 2 is 1.83 bits per heavy atom. The Balaban J connectivity index is 1.80. The number of carbonyl (C=O) groups is 1. The summed E-state index contributed by atoms with van der Waals surface area (Å²) in [7, 11) is 0. The van der Waals surface area contributed by atoms with Gasteiger partial charge in [0.05, 0.1) is 4.91 Å². The van der Waals surface area contributed by atoms with Gasteiger partial charge in [-0.2, -0.15) is 0 Å². The Labute approximate surface area is 148 Å². The molecule has 5 nitrogen and oxygen atoms in total. The van der Waals surface area contributed by atoms with Gasteiger partial charge in [0.2, 0.25) is 5.75 Å². The lowest BCUT2D eigenvalue weighted by Gasteiger charge is -2.11. The molecule has 0 unspecified atom stereocenters. The van der Waals surface area contributed by atoms with Crippen LogP contribution in [0.25, 0.3) is 6.08 Å². The minimum atomic E-state index is -0.248. The number of carbonyl (C=O) groups excluding carboxylic acids is 1. The molecule has 1 saturated heterocycles. The molecule has 1 fully saturated rings. The summed E-state index contributed by atoms with van der Waals surface area (Å²) in [5.41, 5.74) is 1.43. The van der Waals surface area contributed by atoms with Gasteiger partial charge in [-0.3, -0.25) is 4.79 Å². The van der Waals surface area contributed by atoms with Crippen molar-refractivity contribution in [1.82, 2.24) is 5.32 Å². The highest BCUT2D eigenvalue weighted by atomic mass is 32.2. The van der Waals surface area contributed by atoms with Gasteiger partial charge in [0.25, 0.3) is 5.24 Å². The van der Waals surface area contributed by atoms with E-state index in [1.807, 2.05) is 30.3 Å². The van der Waals surface area contributed by atoms with Crippen LogP contribution in [0, 0.1) is 0 Å². The maximum absolute atomic E-state index is 11.3. The van der Waals surface area contributed by atoms with Crippen LogP contribution in [0.5, 0.6) is 17.2 Å². The van der Waals surface area contributed by atoms with Gasteiger partial charge in [-0.25, -0.2) is 0 Å². The van der Waals surface area contributed by atoms with E-state index in [4.69, 9.17) is 17.0 Å². The minimum Gasteiger partial charge on any atom is -0.504 e. The maximum atomic E-state index is 11.3. The summed E-state index contributed by atoms with van der Waals surface area (Å²) in [5.74, 6) is -0.367. The summed E-state index contributed by atoms with van der Waals surface area (Å²) in [6.45, 7) is 0.223. The molecule has 2 aromatic rings. The van der Waals surface area contributed by atoms with E-state index in [1.165, 1.54) is 12.1 Å². The average molecular weight is 359 g/mol. The summed E-state index contributed by atoms with van der Waals surface area (Å²) in [5, 5.41) is 22.5. The van der Waals surface area contributed by atoms with E-state index < -0.39 is 0 Å². The smallest absolute Gasteiger partial charge is 0.289 e. The first kappa shape index (κ1) is 16.4. The largest absolute Gasteiger partial charge is 0.504 e. The van der Waals surface area contributed by atoms with E-state index in [0.717, 1.165) is 17.3 Å². The molecule has 0 bridgehead atoms. The van der Waals surface area contributed by atoms with Gasteiger partial charge in [0.15, 0.2) is 11.5 Å². The molecule has 7 heteroatoms. The third kappa shape index (κ3) is 3.69. The Morgan fingerprint density at radius 3 is 2.42 bits per heavy atom. The monoisotopic (exact) mass is 359 g/mol. The minimum absolute atomic E-state index is 0.0110. The number of ether oxygens (including phenoxy) is 1. The summed E-state index contributed by atoms with van der Waals surface area (Å²) in [4.78, 5) is 12.2. The van der Waals surface area contributed by atoms with E-state index in [1.54, 1.807) is 6.08 Å². The van der Waals surface area contributed by atoms with Crippen molar-refractivity contribution in [1.29, 1.82) is 0 Å². The summed E-state index contributed by atoms with van der Waals surface area (Å²) < 4.78 is 5.50. The molecule has 3 rings (SSSR count). The van der Waals surface area contributed by atoms with E-state index in [0.29, 0.717) is 15.5 Å². The summed E-state index contributed by atoms with van der Waals surface area (Å²) in [6.07, 6.45) is 1.62. The van der Waals surface area contributed by atoms with Gasteiger partial charge in [0, 0.05) is 0 Å². The van der Waals surface area contributed by atoms with Gasteiger partial charge in [-0.05, 0) is 41.1 Å². The second-order valence-electron chi connectivity index (χ2n) is 5.01. The fraction of sp³-hybridized carbons (Fsp3) is 0.0588. The molecule has 0 radical (unpaired) electrons. The van der Waals surface area contributed by atoms with Crippen LogP contribution in [0.4, 0.5) is 4.79 Å². The molecule has 0 aliphatic carbocycles. The molecule has 122 valence electrons. The lowest BCUT2D eigenvalue weighted by atomic mass is 10.1. The number of phenols is 2. The Hall–Kier alpha value is -2.51. The molecule has 24 heavy (non-hydrogen) atoms. The maximum Gasteiger partial charge on any atom is 0.289 e. The zero-order valence-electron chi connectivity index (χ0n) is 12.4. The van der Waals surface area contributed by atoms with Crippen molar-refractivity contribution in [2.24, 2.45) is 0 Å². The van der Waals surface area contributed by atoms with Crippen molar-refractivity contribution in [3.8, 4) is 17.2 Å². The van der Waals surface area contributed by atoms with Crippen LogP contribution in [-0.4, -0.2) is 20.4 Å². The molecule has 1 aliphatic rings. The highest BCUT2D eigenvalue weighted by Gasteiger charge is 2.22. The first-order valence-electron chi connectivity index (χ1n) is 7.00. The average Bonchev–Trinajstić information content (AvgIpc) is 2.85. The summed E-state index contributed by atoms with van der Waals surface area (Å²) in [6, 6.07) is 12.3. The number of hydrogen-bond acceptors (Lipinski definition) is 6. The molecule has 0 aromatic heterocycles. The van der Waals surface area contributed by atoms with E-state index in [-0.39, 0.29) is 29.1 Å².